The molecule has 1 atom stereocenters. The summed E-state index contributed by atoms with van der Waals surface area (Å²) in [6.45, 7) is 3.80. The molecular formula is C20H26N2O4. The first-order chi connectivity index (χ1) is 12.6. The molecular weight excluding hydrogens is 332 g/mol. The van der Waals surface area contributed by atoms with Gasteiger partial charge in [0.1, 0.15) is 11.4 Å². The predicted molar refractivity (Wildman–Crippen MR) is 98.3 cm³/mol. The van der Waals surface area contributed by atoms with Crippen molar-refractivity contribution in [2.75, 3.05) is 33.4 Å². The van der Waals surface area contributed by atoms with Crippen LogP contribution >= 0.6 is 0 Å². The summed E-state index contributed by atoms with van der Waals surface area (Å²) < 4.78 is 5.19. The molecule has 1 aromatic carbocycles. The Morgan fingerprint density at radius 3 is 2.54 bits per heavy atom. The van der Waals surface area contributed by atoms with Crippen LogP contribution in [0, 0.1) is 5.92 Å². The third kappa shape index (κ3) is 3.33. The van der Waals surface area contributed by atoms with E-state index >= 15 is 0 Å². The fourth-order valence-corrected chi connectivity index (χ4v) is 3.72. The number of ether oxygens (including phenoxy) is 1. The maximum Gasteiger partial charge on any atom is 0.277 e. The van der Waals surface area contributed by atoms with E-state index < -0.39 is 0 Å². The van der Waals surface area contributed by atoms with Gasteiger partial charge in [0.15, 0.2) is 0 Å². The largest absolute Gasteiger partial charge is 0.497 e. The highest BCUT2D eigenvalue weighted by atomic mass is 16.5. The molecule has 26 heavy (non-hydrogen) atoms. The van der Waals surface area contributed by atoms with Gasteiger partial charge in [0.05, 0.1) is 12.7 Å². The number of hydrogen-bond acceptors (Lipinski definition) is 5. The number of hydrogen-bond donors (Lipinski definition) is 1. The van der Waals surface area contributed by atoms with Crippen LogP contribution in [0.5, 0.6) is 5.75 Å². The highest BCUT2D eigenvalue weighted by Gasteiger charge is 2.41. The zero-order valence-corrected chi connectivity index (χ0v) is 15.4. The second kappa shape index (κ2) is 7.91. The number of carbonyl (C=O) groups excluding carboxylic acids is 2. The van der Waals surface area contributed by atoms with Crippen LogP contribution in [-0.2, 0) is 9.59 Å². The Morgan fingerprint density at radius 1 is 1.19 bits per heavy atom. The first-order valence-corrected chi connectivity index (χ1v) is 9.21. The monoisotopic (exact) mass is 358 g/mol. The van der Waals surface area contributed by atoms with Crippen molar-refractivity contribution in [1.82, 2.24) is 9.80 Å². The Bertz CT molecular complexity index is 711. The molecule has 6 heteroatoms. The molecule has 1 fully saturated rings. The molecule has 140 valence electrons. The molecule has 1 N–H and O–H groups in total. The van der Waals surface area contributed by atoms with Crippen molar-refractivity contribution in [1.29, 1.82) is 0 Å². The van der Waals surface area contributed by atoms with Gasteiger partial charge < -0.3 is 14.7 Å². The lowest BCUT2D eigenvalue weighted by molar-refractivity contribution is -0.137. The summed E-state index contributed by atoms with van der Waals surface area (Å²) in [5.74, 6) is 0.386. The Labute approximate surface area is 154 Å². The Hall–Kier alpha value is -2.34. The number of nitrogens with zero attached hydrogens (tertiary/aromatic N) is 2. The van der Waals surface area contributed by atoms with E-state index in [-0.39, 0.29) is 24.3 Å². The molecule has 1 unspecified atom stereocenters. The van der Waals surface area contributed by atoms with Crippen LogP contribution in [0.4, 0.5) is 0 Å². The molecule has 0 aliphatic carbocycles. The zero-order chi connectivity index (χ0) is 18.7. The summed E-state index contributed by atoms with van der Waals surface area (Å²) in [7, 11) is 1.59. The normalized spacial score (nSPS) is 21.0. The topological polar surface area (TPSA) is 70.1 Å². The lowest BCUT2D eigenvalue weighted by Crippen LogP contribution is -2.40. The molecule has 3 rings (SSSR count). The number of aliphatic hydroxyl groups is 1. The molecule has 2 amide bonds. The quantitative estimate of drug-likeness (QED) is 0.787. The highest BCUT2D eigenvalue weighted by Crippen LogP contribution is 2.34. The molecule has 0 aromatic heterocycles. The van der Waals surface area contributed by atoms with Crippen LogP contribution in [0.1, 0.15) is 31.7 Å². The van der Waals surface area contributed by atoms with E-state index in [1.807, 2.05) is 24.0 Å². The first kappa shape index (κ1) is 18.5. The Kier molecular flexibility index (Phi) is 5.61. The van der Waals surface area contributed by atoms with E-state index in [0.29, 0.717) is 30.1 Å². The first-order valence-electron chi connectivity index (χ1n) is 9.21. The van der Waals surface area contributed by atoms with Gasteiger partial charge in [-0.25, -0.2) is 0 Å². The van der Waals surface area contributed by atoms with E-state index in [1.165, 1.54) is 4.90 Å². The maximum absolute atomic E-state index is 13.0. The van der Waals surface area contributed by atoms with Gasteiger partial charge in [-0.15, -0.1) is 0 Å². The molecule has 6 nitrogen and oxygen atoms in total. The highest BCUT2D eigenvalue weighted by molar-refractivity contribution is 6.35. The maximum atomic E-state index is 13.0. The predicted octanol–water partition coefficient (Wildman–Crippen LogP) is 1.89. The second-order valence-corrected chi connectivity index (χ2v) is 6.85. The molecule has 1 aromatic rings. The van der Waals surface area contributed by atoms with Gasteiger partial charge in [0.2, 0.25) is 0 Å². The van der Waals surface area contributed by atoms with Crippen molar-refractivity contribution in [2.24, 2.45) is 5.92 Å². The van der Waals surface area contributed by atoms with E-state index in [9.17, 15) is 14.7 Å². The summed E-state index contributed by atoms with van der Waals surface area (Å²) in [6.07, 6.45) is 2.57. The molecule has 2 heterocycles. The van der Waals surface area contributed by atoms with Crippen LogP contribution in [0.2, 0.25) is 0 Å². The van der Waals surface area contributed by atoms with Gasteiger partial charge in [-0.05, 0) is 42.9 Å². The number of likely N-dealkylation sites (tertiary alicyclic amines) is 1. The fourth-order valence-electron chi connectivity index (χ4n) is 3.72. The van der Waals surface area contributed by atoms with Crippen molar-refractivity contribution < 1.29 is 19.4 Å². The van der Waals surface area contributed by atoms with Gasteiger partial charge >= 0.3 is 0 Å². The number of piperidine rings is 1. The summed E-state index contributed by atoms with van der Waals surface area (Å²) in [5.41, 5.74) is 1.67. The van der Waals surface area contributed by atoms with E-state index in [2.05, 4.69) is 0 Å². The van der Waals surface area contributed by atoms with Crippen molar-refractivity contribution in [3.63, 3.8) is 0 Å². The van der Waals surface area contributed by atoms with Crippen molar-refractivity contribution in [2.45, 2.75) is 26.2 Å². The van der Waals surface area contributed by atoms with Crippen molar-refractivity contribution in [3.8, 4) is 5.75 Å². The Balaban J connectivity index is 2.03. The third-order valence-electron chi connectivity index (χ3n) is 5.06. The van der Waals surface area contributed by atoms with Crippen molar-refractivity contribution in [3.05, 3.63) is 35.5 Å². The fraction of sp³-hybridized carbons (Fsp3) is 0.500. The molecule has 0 radical (unpaired) electrons. The smallest absolute Gasteiger partial charge is 0.277 e. The summed E-state index contributed by atoms with van der Waals surface area (Å²) in [4.78, 5) is 29.4. The SMILES string of the molecule is CCCN1C(=O)C(c2ccc(OC)cc2)=C(N2CCCC(CO)C2)C1=O. The van der Waals surface area contributed by atoms with E-state index in [1.54, 1.807) is 19.2 Å². The summed E-state index contributed by atoms with van der Waals surface area (Å²) >= 11 is 0. The van der Waals surface area contributed by atoms with Gasteiger partial charge in [-0.3, -0.25) is 14.5 Å². The second-order valence-electron chi connectivity index (χ2n) is 6.85. The van der Waals surface area contributed by atoms with Crippen LogP contribution in [0.15, 0.2) is 30.0 Å². The molecule has 2 aliphatic heterocycles. The number of benzene rings is 1. The van der Waals surface area contributed by atoms with Gasteiger partial charge in [-0.1, -0.05) is 19.1 Å². The van der Waals surface area contributed by atoms with Gasteiger partial charge in [0, 0.05) is 26.2 Å². The van der Waals surface area contributed by atoms with Crippen LogP contribution in [0.25, 0.3) is 5.57 Å². The number of imide groups is 1. The molecule has 0 spiro atoms. The van der Waals surface area contributed by atoms with E-state index in [0.717, 1.165) is 31.4 Å². The number of amides is 2. The summed E-state index contributed by atoms with van der Waals surface area (Å²) in [5, 5.41) is 9.53. The van der Waals surface area contributed by atoms with Crippen LogP contribution < -0.4 is 4.74 Å². The van der Waals surface area contributed by atoms with E-state index in [4.69, 9.17) is 4.74 Å². The standard InChI is InChI=1S/C20H26N2O4/c1-3-10-22-19(24)17(15-6-8-16(26-2)9-7-15)18(20(22)25)21-11-4-5-14(12-21)13-23/h6-9,14,23H,3-5,10-13H2,1-2H3. The zero-order valence-electron chi connectivity index (χ0n) is 15.4. The minimum atomic E-state index is -0.233. The van der Waals surface area contributed by atoms with Crippen LogP contribution in [0.3, 0.4) is 0 Å². The number of methoxy groups -OCH3 is 1. The van der Waals surface area contributed by atoms with Gasteiger partial charge in [0.25, 0.3) is 11.8 Å². The lowest BCUT2D eigenvalue weighted by Gasteiger charge is -2.34. The van der Waals surface area contributed by atoms with Crippen molar-refractivity contribution >= 4 is 17.4 Å². The minimum Gasteiger partial charge on any atom is -0.497 e. The minimum absolute atomic E-state index is 0.0997. The van der Waals surface area contributed by atoms with Crippen LogP contribution in [-0.4, -0.2) is 60.1 Å². The Morgan fingerprint density at radius 2 is 1.92 bits per heavy atom. The number of carbonyl (C=O) groups is 2. The molecule has 0 saturated carbocycles. The summed E-state index contributed by atoms with van der Waals surface area (Å²) in [6, 6.07) is 7.24. The number of aliphatic hydroxyl groups excluding tert-OH is 1. The molecule has 1 saturated heterocycles. The third-order valence-corrected chi connectivity index (χ3v) is 5.06. The van der Waals surface area contributed by atoms with Gasteiger partial charge in [-0.2, -0.15) is 0 Å². The lowest BCUT2D eigenvalue weighted by atomic mass is 9.97. The average Bonchev–Trinajstić information content (AvgIpc) is 2.93. The molecule has 0 bridgehead atoms. The average molecular weight is 358 g/mol. The molecule has 2 aliphatic rings. The number of rotatable bonds is 6.